The van der Waals surface area contributed by atoms with Crippen molar-refractivity contribution in [1.29, 1.82) is 0 Å². The molecule has 1 aromatic heterocycles. The molecule has 2 aromatic carbocycles. The van der Waals surface area contributed by atoms with Gasteiger partial charge in [-0.05, 0) is 56.3 Å². The van der Waals surface area contributed by atoms with Gasteiger partial charge in [0.2, 0.25) is 18.6 Å². The summed E-state index contributed by atoms with van der Waals surface area (Å²) in [6, 6.07) is 15.1. The van der Waals surface area contributed by atoms with Crippen LogP contribution in [0.2, 0.25) is 0 Å². The van der Waals surface area contributed by atoms with E-state index in [4.69, 9.17) is 9.47 Å². The van der Waals surface area contributed by atoms with Crippen LogP contribution in [0.4, 0.5) is 5.69 Å². The molecule has 194 valence electrons. The molecule has 3 aromatic rings. The van der Waals surface area contributed by atoms with Crippen LogP contribution >= 0.6 is 11.3 Å². The molecule has 37 heavy (non-hydrogen) atoms. The maximum Gasteiger partial charge on any atom is 0.261 e. The van der Waals surface area contributed by atoms with Crippen molar-refractivity contribution < 1.29 is 23.9 Å². The van der Waals surface area contributed by atoms with Crippen LogP contribution < -0.4 is 25.0 Å². The van der Waals surface area contributed by atoms with Crippen LogP contribution in [-0.2, 0) is 9.59 Å². The summed E-state index contributed by atoms with van der Waals surface area (Å²) in [6.07, 6.45) is 0.703. The predicted octanol–water partition coefficient (Wildman–Crippen LogP) is 4.59. The molecule has 2 heterocycles. The molecule has 9 heteroatoms. The van der Waals surface area contributed by atoms with Gasteiger partial charge in [0.15, 0.2) is 11.5 Å². The van der Waals surface area contributed by atoms with E-state index >= 15 is 0 Å². The zero-order chi connectivity index (χ0) is 26.6. The average molecular weight is 522 g/mol. The highest BCUT2D eigenvalue weighted by Gasteiger charge is 2.35. The van der Waals surface area contributed by atoms with Crippen LogP contribution in [-0.4, -0.2) is 36.6 Å². The van der Waals surface area contributed by atoms with Gasteiger partial charge >= 0.3 is 0 Å². The summed E-state index contributed by atoms with van der Waals surface area (Å²) < 4.78 is 11.0. The number of nitrogens with zero attached hydrogens (tertiary/aromatic N) is 1. The van der Waals surface area contributed by atoms with E-state index in [1.165, 1.54) is 16.2 Å². The first-order valence-corrected chi connectivity index (χ1v) is 13.0. The van der Waals surface area contributed by atoms with Crippen LogP contribution in [0, 0.1) is 6.92 Å². The van der Waals surface area contributed by atoms with Crippen molar-refractivity contribution in [2.24, 2.45) is 0 Å². The Morgan fingerprint density at radius 1 is 1.05 bits per heavy atom. The van der Waals surface area contributed by atoms with Crippen molar-refractivity contribution >= 4 is 34.7 Å². The third kappa shape index (κ3) is 6.11. The average Bonchev–Trinajstić information content (AvgIpc) is 3.58. The first kappa shape index (κ1) is 26.2. The molecule has 0 radical (unpaired) electrons. The molecule has 0 unspecified atom stereocenters. The van der Waals surface area contributed by atoms with Crippen molar-refractivity contribution in [3.05, 3.63) is 76.0 Å². The van der Waals surface area contributed by atoms with Crippen molar-refractivity contribution in [2.45, 2.75) is 45.7 Å². The van der Waals surface area contributed by atoms with E-state index in [0.717, 1.165) is 5.56 Å². The smallest absolute Gasteiger partial charge is 0.261 e. The molecule has 0 aliphatic carbocycles. The fourth-order valence-electron chi connectivity index (χ4n) is 3.86. The minimum absolute atomic E-state index is 0.0795. The van der Waals surface area contributed by atoms with Crippen LogP contribution in [0.5, 0.6) is 11.5 Å². The number of amides is 3. The highest BCUT2D eigenvalue weighted by Crippen LogP contribution is 2.38. The zero-order valence-corrected chi connectivity index (χ0v) is 22.2. The first-order chi connectivity index (χ1) is 17.7. The zero-order valence-electron chi connectivity index (χ0n) is 21.4. The van der Waals surface area contributed by atoms with Gasteiger partial charge in [-0.1, -0.05) is 42.8 Å². The molecule has 1 atom stereocenters. The second-order valence-corrected chi connectivity index (χ2v) is 10.4. The maximum absolute atomic E-state index is 13.8. The Bertz CT molecular complexity index is 1270. The summed E-state index contributed by atoms with van der Waals surface area (Å²) in [4.78, 5) is 42.1. The number of carbonyl (C=O) groups is 3. The number of aryl methyl sites for hydroxylation is 1. The molecule has 4 rings (SSSR count). The molecule has 0 saturated heterocycles. The molecule has 1 aliphatic heterocycles. The minimum atomic E-state index is -0.988. The number of hydrogen-bond acceptors (Lipinski definition) is 6. The standard InChI is InChI=1S/C28H31N3O5S/c1-5-28(3,4)30-27(34)25(19-10-8-18(2)9-11-19)31(20-12-13-21-22(15-20)36-17-35-21)24(32)16-29-26(33)23-7-6-14-37-23/h6-15,25H,5,16-17H2,1-4H3,(H,29,33)(H,30,34)/t25-/m0/s1. The van der Waals surface area contributed by atoms with E-state index in [1.807, 2.05) is 52.0 Å². The Balaban J connectivity index is 1.74. The van der Waals surface area contributed by atoms with Crippen LogP contribution in [0.1, 0.15) is 54.0 Å². The predicted molar refractivity (Wildman–Crippen MR) is 143 cm³/mol. The lowest BCUT2D eigenvalue weighted by molar-refractivity contribution is -0.127. The Kier molecular flexibility index (Phi) is 7.83. The number of carbonyl (C=O) groups excluding carboxylic acids is 3. The number of benzene rings is 2. The number of hydrogen-bond donors (Lipinski definition) is 2. The van der Waals surface area contributed by atoms with E-state index in [2.05, 4.69) is 10.6 Å². The van der Waals surface area contributed by atoms with Crippen molar-refractivity contribution in [3.8, 4) is 11.5 Å². The molecule has 0 fully saturated rings. The molecule has 1 aliphatic rings. The molecule has 3 amide bonds. The van der Waals surface area contributed by atoms with Crippen molar-refractivity contribution in [2.75, 3.05) is 18.2 Å². The number of rotatable bonds is 9. The SMILES string of the molecule is CCC(C)(C)NC(=O)[C@H](c1ccc(C)cc1)N(C(=O)CNC(=O)c1cccs1)c1ccc2c(c1)OCO2. The molecule has 0 saturated carbocycles. The van der Waals surface area contributed by atoms with Crippen molar-refractivity contribution in [1.82, 2.24) is 10.6 Å². The second-order valence-electron chi connectivity index (χ2n) is 9.50. The number of thiophene rings is 1. The second kappa shape index (κ2) is 11.0. The molecule has 8 nitrogen and oxygen atoms in total. The van der Waals surface area contributed by atoms with Gasteiger partial charge in [-0.3, -0.25) is 19.3 Å². The normalized spacial score (nSPS) is 13.1. The Morgan fingerprint density at radius 2 is 1.78 bits per heavy atom. The highest BCUT2D eigenvalue weighted by molar-refractivity contribution is 7.12. The fraction of sp³-hybridized carbons (Fsp3) is 0.321. The lowest BCUT2D eigenvalue weighted by atomic mass is 9.97. The number of ether oxygens (including phenoxy) is 2. The number of fused-ring (bicyclic) bond motifs is 1. The quantitative estimate of drug-likeness (QED) is 0.429. The molecular weight excluding hydrogens is 490 g/mol. The topological polar surface area (TPSA) is 97.0 Å². The number of anilines is 1. The molecular formula is C28H31N3O5S. The maximum atomic E-state index is 13.8. The summed E-state index contributed by atoms with van der Waals surface area (Å²) in [5.41, 5.74) is 1.64. The van der Waals surface area contributed by atoms with Gasteiger partial charge in [-0.15, -0.1) is 11.3 Å². The summed E-state index contributed by atoms with van der Waals surface area (Å²) in [7, 11) is 0. The summed E-state index contributed by atoms with van der Waals surface area (Å²) >= 11 is 1.29. The summed E-state index contributed by atoms with van der Waals surface area (Å²) in [6.45, 7) is 7.60. The molecule has 0 spiro atoms. The van der Waals surface area contributed by atoms with Crippen LogP contribution in [0.3, 0.4) is 0 Å². The highest BCUT2D eigenvalue weighted by atomic mass is 32.1. The van der Waals surface area contributed by atoms with E-state index in [9.17, 15) is 14.4 Å². The van der Waals surface area contributed by atoms with E-state index < -0.39 is 17.5 Å². The van der Waals surface area contributed by atoms with E-state index in [1.54, 1.807) is 35.7 Å². The largest absolute Gasteiger partial charge is 0.454 e. The first-order valence-electron chi connectivity index (χ1n) is 12.1. The van der Waals surface area contributed by atoms with Crippen molar-refractivity contribution in [3.63, 3.8) is 0 Å². The Labute approximate surface area is 220 Å². The van der Waals surface area contributed by atoms with Gasteiger partial charge in [-0.25, -0.2) is 0 Å². The van der Waals surface area contributed by atoms with Crippen LogP contribution in [0.15, 0.2) is 60.0 Å². The lowest BCUT2D eigenvalue weighted by Gasteiger charge is -2.34. The molecule has 0 bridgehead atoms. The Hall–Kier alpha value is -3.85. The fourth-order valence-corrected chi connectivity index (χ4v) is 4.50. The minimum Gasteiger partial charge on any atom is -0.454 e. The monoisotopic (exact) mass is 521 g/mol. The lowest BCUT2D eigenvalue weighted by Crippen LogP contribution is -2.52. The third-order valence-corrected chi connectivity index (χ3v) is 7.16. The Morgan fingerprint density at radius 3 is 2.46 bits per heavy atom. The van der Waals surface area contributed by atoms with E-state index in [0.29, 0.717) is 34.0 Å². The van der Waals surface area contributed by atoms with Gasteiger partial charge in [0.25, 0.3) is 5.91 Å². The third-order valence-electron chi connectivity index (χ3n) is 6.29. The molecule has 2 N–H and O–H groups in total. The van der Waals surface area contributed by atoms with Gasteiger partial charge in [0, 0.05) is 17.3 Å². The van der Waals surface area contributed by atoms with Gasteiger partial charge in [0.1, 0.15) is 6.04 Å². The van der Waals surface area contributed by atoms with Gasteiger partial charge < -0.3 is 20.1 Å². The van der Waals surface area contributed by atoms with Crippen LogP contribution in [0.25, 0.3) is 0 Å². The summed E-state index contributed by atoms with van der Waals surface area (Å²) in [5, 5.41) is 7.58. The van der Waals surface area contributed by atoms with Gasteiger partial charge in [-0.2, -0.15) is 0 Å². The van der Waals surface area contributed by atoms with E-state index in [-0.39, 0.29) is 25.2 Å². The van der Waals surface area contributed by atoms with Gasteiger partial charge in [0.05, 0.1) is 11.4 Å². The summed E-state index contributed by atoms with van der Waals surface area (Å²) in [5.74, 6) is -0.0805. The number of nitrogens with one attached hydrogen (secondary N) is 2.